The molecular formula is C24H28N2O2. The van der Waals surface area contributed by atoms with Crippen LogP contribution in [0, 0.1) is 0 Å². The Morgan fingerprint density at radius 3 is 2.75 bits per heavy atom. The van der Waals surface area contributed by atoms with Gasteiger partial charge in [-0.2, -0.15) is 0 Å². The molecule has 4 heteroatoms. The summed E-state index contributed by atoms with van der Waals surface area (Å²) in [6.45, 7) is 9.29. The van der Waals surface area contributed by atoms with Crippen molar-refractivity contribution in [3.63, 3.8) is 0 Å². The monoisotopic (exact) mass is 376 g/mol. The Morgan fingerprint density at radius 2 is 1.93 bits per heavy atom. The molecule has 0 fully saturated rings. The molecule has 146 valence electrons. The second-order valence-electron chi connectivity index (χ2n) is 8.48. The van der Waals surface area contributed by atoms with Crippen LogP contribution < -0.4 is 10.1 Å². The van der Waals surface area contributed by atoms with E-state index >= 15 is 0 Å². The lowest BCUT2D eigenvalue weighted by atomic mass is 9.87. The molecule has 4 rings (SSSR count). The normalized spacial score (nSPS) is 14.5. The molecule has 3 aromatic rings. The zero-order chi connectivity index (χ0) is 19.7. The molecule has 0 saturated heterocycles. The van der Waals surface area contributed by atoms with Crippen LogP contribution in [0.15, 0.2) is 48.5 Å². The van der Waals surface area contributed by atoms with Crippen LogP contribution in [-0.2, 0) is 18.4 Å². The maximum atomic E-state index is 13.2. The summed E-state index contributed by atoms with van der Waals surface area (Å²) in [6.07, 6.45) is 0.856. The van der Waals surface area contributed by atoms with Gasteiger partial charge < -0.3 is 14.6 Å². The minimum Gasteiger partial charge on any atom is -0.485 e. The number of ketones is 1. The standard InChI is InChI=1S/C24H28N2O2/c1-24(2,3)17-7-6-8-18(15-17)28-16-22(27)23-19-9-4-5-10-20(19)26-14-13-25-12-11-21(23)26/h4-10,15,25H,11-14,16H2,1-3H3. The lowest BCUT2D eigenvalue weighted by molar-refractivity contribution is 0.0922. The van der Waals surface area contributed by atoms with E-state index in [0.717, 1.165) is 54.0 Å². The summed E-state index contributed by atoms with van der Waals surface area (Å²) < 4.78 is 8.22. The van der Waals surface area contributed by atoms with Crippen molar-refractivity contribution in [3.8, 4) is 5.75 Å². The first-order chi connectivity index (χ1) is 13.4. The molecule has 1 aliphatic rings. The average molecular weight is 377 g/mol. The summed E-state index contributed by atoms with van der Waals surface area (Å²) in [5.41, 5.74) is 4.34. The van der Waals surface area contributed by atoms with Crippen molar-refractivity contribution in [1.82, 2.24) is 9.88 Å². The van der Waals surface area contributed by atoms with Crippen LogP contribution in [0.1, 0.15) is 42.4 Å². The van der Waals surface area contributed by atoms with Gasteiger partial charge in [0.15, 0.2) is 6.61 Å². The van der Waals surface area contributed by atoms with Crippen LogP contribution in [0.3, 0.4) is 0 Å². The van der Waals surface area contributed by atoms with Crippen LogP contribution in [0.25, 0.3) is 10.9 Å². The summed E-state index contributed by atoms with van der Waals surface area (Å²) in [6, 6.07) is 16.3. The fraction of sp³-hybridized carbons (Fsp3) is 0.375. The number of hydrogen-bond donors (Lipinski definition) is 1. The van der Waals surface area contributed by atoms with Crippen molar-refractivity contribution in [2.45, 2.75) is 39.2 Å². The second kappa shape index (κ2) is 7.44. The predicted molar refractivity (Wildman–Crippen MR) is 113 cm³/mol. The number of carbonyl (C=O) groups is 1. The van der Waals surface area contributed by atoms with Gasteiger partial charge in [-0.05, 0) is 29.2 Å². The molecule has 0 aliphatic carbocycles. The minimum atomic E-state index is 0.0478. The topological polar surface area (TPSA) is 43.3 Å². The van der Waals surface area contributed by atoms with Gasteiger partial charge in [0.25, 0.3) is 0 Å². The number of nitrogens with one attached hydrogen (secondary N) is 1. The van der Waals surface area contributed by atoms with Crippen molar-refractivity contribution in [2.24, 2.45) is 0 Å². The Hall–Kier alpha value is -2.59. The van der Waals surface area contributed by atoms with Crippen molar-refractivity contribution in [3.05, 3.63) is 65.4 Å². The second-order valence-corrected chi connectivity index (χ2v) is 8.48. The fourth-order valence-corrected chi connectivity index (χ4v) is 3.98. The van der Waals surface area contributed by atoms with E-state index in [-0.39, 0.29) is 17.8 Å². The van der Waals surface area contributed by atoms with E-state index in [2.05, 4.69) is 48.9 Å². The third-order valence-electron chi connectivity index (χ3n) is 5.48. The quantitative estimate of drug-likeness (QED) is 0.689. The van der Waals surface area contributed by atoms with E-state index in [1.807, 2.05) is 30.3 Å². The van der Waals surface area contributed by atoms with E-state index in [9.17, 15) is 4.79 Å². The van der Waals surface area contributed by atoms with Crippen molar-refractivity contribution in [1.29, 1.82) is 0 Å². The molecule has 2 heterocycles. The highest BCUT2D eigenvalue weighted by Crippen LogP contribution is 2.29. The van der Waals surface area contributed by atoms with Gasteiger partial charge in [-0.15, -0.1) is 0 Å². The van der Waals surface area contributed by atoms with E-state index in [1.54, 1.807) is 0 Å². The number of benzene rings is 2. The lowest BCUT2D eigenvalue weighted by Gasteiger charge is -2.19. The van der Waals surface area contributed by atoms with Gasteiger partial charge in [0.2, 0.25) is 5.78 Å². The van der Waals surface area contributed by atoms with Gasteiger partial charge in [-0.25, -0.2) is 0 Å². The molecule has 1 aromatic heterocycles. The van der Waals surface area contributed by atoms with Gasteiger partial charge in [0.1, 0.15) is 5.75 Å². The van der Waals surface area contributed by atoms with E-state index in [0.29, 0.717) is 0 Å². The number of para-hydroxylation sites is 1. The molecule has 1 N–H and O–H groups in total. The Kier molecular flexibility index (Phi) is 4.98. The molecule has 0 unspecified atom stereocenters. The van der Waals surface area contributed by atoms with Crippen LogP contribution in [-0.4, -0.2) is 30.0 Å². The van der Waals surface area contributed by atoms with Gasteiger partial charge in [-0.3, -0.25) is 4.79 Å². The molecule has 4 nitrogen and oxygen atoms in total. The first-order valence-corrected chi connectivity index (χ1v) is 10.0. The molecule has 0 atom stereocenters. The molecule has 0 amide bonds. The van der Waals surface area contributed by atoms with Crippen LogP contribution in [0.2, 0.25) is 0 Å². The lowest BCUT2D eigenvalue weighted by Crippen LogP contribution is -2.18. The Labute approximate surface area is 166 Å². The molecule has 0 spiro atoms. The highest BCUT2D eigenvalue weighted by molar-refractivity contribution is 6.10. The SMILES string of the molecule is CC(C)(C)c1cccc(OCC(=O)c2c3n(c4ccccc24)CCNCC3)c1. The Morgan fingerprint density at radius 1 is 1.11 bits per heavy atom. The predicted octanol–water partition coefficient (Wildman–Crippen LogP) is 4.35. The Balaban J connectivity index is 1.63. The highest BCUT2D eigenvalue weighted by atomic mass is 16.5. The highest BCUT2D eigenvalue weighted by Gasteiger charge is 2.23. The summed E-state index contributed by atoms with van der Waals surface area (Å²) in [5.74, 6) is 0.796. The summed E-state index contributed by atoms with van der Waals surface area (Å²) in [5, 5.41) is 4.46. The zero-order valence-electron chi connectivity index (χ0n) is 16.9. The zero-order valence-corrected chi connectivity index (χ0v) is 16.9. The first kappa shape index (κ1) is 18.8. The molecule has 0 saturated carbocycles. The smallest absolute Gasteiger partial charge is 0.202 e. The third-order valence-corrected chi connectivity index (χ3v) is 5.48. The molecule has 1 aliphatic heterocycles. The number of Topliss-reactive ketones (excluding diaryl/α,β-unsaturated/α-hetero) is 1. The maximum absolute atomic E-state index is 13.2. The molecular weight excluding hydrogens is 348 g/mol. The number of aromatic nitrogens is 1. The van der Waals surface area contributed by atoms with E-state index in [4.69, 9.17) is 4.74 Å². The van der Waals surface area contributed by atoms with Crippen molar-refractivity contribution < 1.29 is 9.53 Å². The molecule has 28 heavy (non-hydrogen) atoms. The number of nitrogens with zero attached hydrogens (tertiary/aromatic N) is 1. The molecule has 2 aromatic carbocycles. The fourth-order valence-electron chi connectivity index (χ4n) is 3.98. The van der Waals surface area contributed by atoms with E-state index in [1.165, 1.54) is 5.56 Å². The number of ether oxygens (including phenoxy) is 1. The van der Waals surface area contributed by atoms with Crippen LogP contribution in [0.4, 0.5) is 0 Å². The number of hydrogen-bond acceptors (Lipinski definition) is 3. The average Bonchev–Trinajstić information content (AvgIpc) is 2.82. The van der Waals surface area contributed by atoms with Gasteiger partial charge in [-0.1, -0.05) is 51.1 Å². The molecule has 0 bridgehead atoms. The molecule has 0 radical (unpaired) electrons. The first-order valence-electron chi connectivity index (χ1n) is 10.0. The van der Waals surface area contributed by atoms with E-state index < -0.39 is 0 Å². The van der Waals surface area contributed by atoms with Crippen molar-refractivity contribution >= 4 is 16.7 Å². The minimum absolute atomic E-state index is 0.0478. The largest absolute Gasteiger partial charge is 0.485 e. The summed E-state index contributed by atoms with van der Waals surface area (Å²) in [4.78, 5) is 13.2. The number of fused-ring (bicyclic) bond motifs is 3. The number of rotatable bonds is 4. The van der Waals surface area contributed by atoms with Crippen LogP contribution in [0.5, 0.6) is 5.75 Å². The van der Waals surface area contributed by atoms with Gasteiger partial charge in [0.05, 0.1) is 5.56 Å². The summed E-state index contributed by atoms with van der Waals surface area (Å²) >= 11 is 0. The van der Waals surface area contributed by atoms with Crippen LogP contribution >= 0.6 is 0 Å². The third kappa shape index (κ3) is 3.57. The van der Waals surface area contributed by atoms with Gasteiger partial charge >= 0.3 is 0 Å². The summed E-state index contributed by atoms with van der Waals surface area (Å²) in [7, 11) is 0. The number of carbonyl (C=O) groups excluding carboxylic acids is 1. The van der Waals surface area contributed by atoms with Gasteiger partial charge in [0, 0.05) is 42.7 Å². The maximum Gasteiger partial charge on any atom is 0.202 e. The Bertz CT molecular complexity index is 1010. The van der Waals surface area contributed by atoms with Crippen molar-refractivity contribution in [2.75, 3.05) is 19.7 Å².